The van der Waals surface area contributed by atoms with Crippen LogP contribution in [0.3, 0.4) is 0 Å². The van der Waals surface area contributed by atoms with Crippen molar-refractivity contribution in [3.8, 4) is 0 Å². The molecule has 0 radical (unpaired) electrons. The lowest BCUT2D eigenvalue weighted by atomic mass is 9.88. The molecule has 0 bridgehead atoms. The van der Waals surface area contributed by atoms with Gasteiger partial charge in [0, 0.05) is 18.5 Å². The second-order valence-electron chi connectivity index (χ2n) is 13.8. The average Bonchev–Trinajstić information content (AvgIpc) is 2.96. The van der Waals surface area contributed by atoms with Gasteiger partial charge < -0.3 is 19.9 Å². The molecule has 0 aromatic carbocycles. The van der Waals surface area contributed by atoms with Crippen LogP contribution in [0.15, 0.2) is 0 Å². The molecule has 0 saturated carbocycles. The van der Waals surface area contributed by atoms with E-state index in [4.69, 9.17) is 0 Å². The van der Waals surface area contributed by atoms with Crippen LogP contribution >= 0.6 is 7.14 Å². The lowest BCUT2D eigenvalue weighted by Crippen LogP contribution is -2.30. The van der Waals surface area contributed by atoms with E-state index in [9.17, 15) is 29.7 Å². The molecule has 3 N–H and O–H groups in total. The largest absolute Gasteiger partial charge is 0.481 e. The minimum atomic E-state index is -3.50. The van der Waals surface area contributed by atoms with E-state index in [1.54, 1.807) is 0 Å². The molecule has 6 unspecified atom stereocenters. The maximum atomic E-state index is 15.0. The fourth-order valence-corrected chi connectivity index (χ4v) is 11.0. The van der Waals surface area contributed by atoms with Gasteiger partial charge >= 0.3 is 17.9 Å². The molecule has 0 heterocycles. The van der Waals surface area contributed by atoms with E-state index >= 15 is 4.57 Å². The number of rotatable bonds is 30. The van der Waals surface area contributed by atoms with E-state index in [1.165, 1.54) is 0 Å². The molecular weight excluding hydrogens is 575 g/mol. The normalized spacial score (nSPS) is 17.2. The number of carboxylic acid groups (broad SMARTS) is 3. The van der Waals surface area contributed by atoms with Crippen LogP contribution in [0.25, 0.3) is 0 Å². The Morgan fingerprint density at radius 1 is 0.455 bits per heavy atom. The number of unbranched alkanes of at least 4 members (excludes halogenated alkanes) is 3. The predicted molar refractivity (Wildman–Crippen MR) is 183 cm³/mol. The van der Waals surface area contributed by atoms with Crippen molar-refractivity contribution in [3.63, 3.8) is 0 Å². The van der Waals surface area contributed by atoms with Crippen LogP contribution in [-0.4, -0.2) is 51.7 Å². The molecule has 0 amide bonds. The summed E-state index contributed by atoms with van der Waals surface area (Å²) >= 11 is 0. The second-order valence-corrected chi connectivity index (χ2v) is 17.0. The van der Waals surface area contributed by atoms with E-state index in [1.807, 2.05) is 0 Å². The van der Waals surface area contributed by atoms with Gasteiger partial charge in [0.15, 0.2) is 0 Å². The molecule has 0 fully saturated rings. The molecule has 6 atom stereocenters. The third-order valence-corrected chi connectivity index (χ3v) is 12.9. The van der Waals surface area contributed by atoms with Crippen molar-refractivity contribution >= 4 is 25.0 Å². The third-order valence-electron chi connectivity index (χ3n) is 9.55. The summed E-state index contributed by atoms with van der Waals surface area (Å²) in [5.74, 6) is -4.99. The first-order valence-corrected chi connectivity index (χ1v) is 20.4. The van der Waals surface area contributed by atoms with E-state index in [0.717, 1.165) is 96.3 Å². The first-order chi connectivity index (χ1) is 20.9. The van der Waals surface area contributed by atoms with Crippen LogP contribution < -0.4 is 0 Å². The van der Waals surface area contributed by atoms with Gasteiger partial charge in [-0.1, -0.05) is 138 Å². The Morgan fingerprint density at radius 2 is 0.705 bits per heavy atom. The molecule has 0 aliphatic rings. The van der Waals surface area contributed by atoms with Crippen molar-refractivity contribution in [1.82, 2.24) is 0 Å². The highest BCUT2D eigenvalue weighted by molar-refractivity contribution is 7.64. The van der Waals surface area contributed by atoms with Crippen LogP contribution in [0, 0.1) is 35.5 Å². The van der Waals surface area contributed by atoms with Gasteiger partial charge in [0.25, 0.3) is 0 Å². The molecule has 44 heavy (non-hydrogen) atoms. The molecule has 8 heteroatoms. The predicted octanol–water partition coefficient (Wildman–Crippen LogP) is 10.4. The van der Waals surface area contributed by atoms with Crippen LogP contribution in [-0.2, 0) is 18.9 Å². The minimum absolute atomic E-state index is 0.108. The monoisotopic (exact) mass is 644 g/mol. The van der Waals surface area contributed by atoms with Gasteiger partial charge in [0.05, 0.1) is 24.9 Å². The second kappa shape index (κ2) is 24.8. The van der Waals surface area contributed by atoms with E-state index in [-0.39, 0.29) is 36.2 Å². The molecular formula is C36H69O7P. The standard InChI is InChI=1S/C36H69O7P/c1-7-13-19-28(16-10-4)22-31(34(37)38)25-44(43,26-32(35(39)40)23-29(17-11-5)20-14-8-2)27-33(36(41)42)24-30(18-12-6)21-15-9-3/h28-33H,7-27H2,1-6H3,(H,37,38)(H,39,40)(H,41,42). The first-order valence-electron chi connectivity index (χ1n) is 18.1. The quantitative estimate of drug-likeness (QED) is 0.0663. The van der Waals surface area contributed by atoms with Crippen LogP contribution in [0.1, 0.15) is 157 Å². The zero-order chi connectivity index (χ0) is 33.5. The summed E-state index contributed by atoms with van der Waals surface area (Å²) in [6.45, 7) is 12.6. The van der Waals surface area contributed by atoms with Gasteiger partial charge in [-0.05, 0) is 37.0 Å². The van der Waals surface area contributed by atoms with Crippen molar-refractivity contribution in [1.29, 1.82) is 0 Å². The molecule has 0 aromatic rings. The molecule has 260 valence electrons. The van der Waals surface area contributed by atoms with Crippen LogP contribution in [0.2, 0.25) is 0 Å². The Labute approximate surface area is 270 Å². The fraction of sp³-hybridized carbons (Fsp3) is 0.917. The van der Waals surface area contributed by atoms with Gasteiger partial charge in [-0.25, -0.2) is 0 Å². The maximum Gasteiger partial charge on any atom is 0.306 e. The molecule has 7 nitrogen and oxygen atoms in total. The topological polar surface area (TPSA) is 129 Å². The average molecular weight is 645 g/mol. The van der Waals surface area contributed by atoms with Crippen LogP contribution in [0.4, 0.5) is 0 Å². The molecule has 0 aromatic heterocycles. The molecule has 0 saturated heterocycles. The zero-order valence-corrected chi connectivity index (χ0v) is 30.1. The van der Waals surface area contributed by atoms with Crippen molar-refractivity contribution in [2.45, 2.75) is 157 Å². The number of carbonyl (C=O) groups is 3. The van der Waals surface area contributed by atoms with Gasteiger partial charge in [0.2, 0.25) is 0 Å². The summed E-state index contributed by atoms with van der Waals surface area (Å²) in [5.41, 5.74) is 0. The summed E-state index contributed by atoms with van der Waals surface area (Å²) in [4.78, 5) is 37.9. The van der Waals surface area contributed by atoms with E-state index in [2.05, 4.69) is 41.5 Å². The summed E-state index contributed by atoms with van der Waals surface area (Å²) in [5, 5.41) is 31.0. The summed E-state index contributed by atoms with van der Waals surface area (Å²) in [6, 6.07) is 0. The van der Waals surface area contributed by atoms with Crippen molar-refractivity contribution in [2.75, 3.05) is 18.5 Å². The van der Waals surface area contributed by atoms with Crippen LogP contribution in [0.5, 0.6) is 0 Å². The Bertz CT molecular complexity index is 725. The highest BCUT2D eigenvalue weighted by atomic mass is 31.2. The van der Waals surface area contributed by atoms with Crippen molar-refractivity contribution in [2.24, 2.45) is 35.5 Å². The highest BCUT2D eigenvalue weighted by Gasteiger charge is 2.40. The Morgan fingerprint density at radius 3 is 0.886 bits per heavy atom. The number of hydrogen-bond donors (Lipinski definition) is 3. The van der Waals surface area contributed by atoms with Gasteiger partial charge in [-0.3, -0.25) is 14.4 Å². The molecule has 0 aliphatic heterocycles. The summed E-state index contributed by atoms with van der Waals surface area (Å²) in [7, 11) is -3.50. The number of hydrogen-bond acceptors (Lipinski definition) is 4. The number of carboxylic acids is 3. The summed E-state index contributed by atoms with van der Waals surface area (Å²) < 4.78 is 15.0. The fourth-order valence-electron chi connectivity index (χ4n) is 7.24. The van der Waals surface area contributed by atoms with E-state index < -0.39 is 42.8 Å². The maximum absolute atomic E-state index is 15.0. The molecule has 0 aliphatic carbocycles. The van der Waals surface area contributed by atoms with Gasteiger partial charge in [-0.2, -0.15) is 0 Å². The lowest BCUT2D eigenvalue weighted by molar-refractivity contribution is -0.142. The number of aliphatic carboxylic acids is 3. The van der Waals surface area contributed by atoms with Gasteiger partial charge in [-0.15, -0.1) is 0 Å². The van der Waals surface area contributed by atoms with E-state index in [0.29, 0.717) is 19.3 Å². The minimum Gasteiger partial charge on any atom is -0.481 e. The Kier molecular flexibility index (Phi) is 24.1. The zero-order valence-electron chi connectivity index (χ0n) is 29.2. The lowest BCUT2D eigenvalue weighted by Gasteiger charge is -2.31. The first kappa shape index (κ1) is 42.6. The smallest absolute Gasteiger partial charge is 0.306 e. The third kappa shape index (κ3) is 18.6. The van der Waals surface area contributed by atoms with Crippen molar-refractivity contribution < 1.29 is 34.3 Å². The summed E-state index contributed by atoms with van der Waals surface area (Å²) in [6.07, 6.45) is 15.2. The Balaban J connectivity index is 6.51. The highest BCUT2D eigenvalue weighted by Crippen LogP contribution is 2.53. The van der Waals surface area contributed by atoms with Crippen molar-refractivity contribution in [3.05, 3.63) is 0 Å². The molecule has 0 spiro atoms. The van der Waals surface area contributed by atoms with Gasteiger partial charge in [0.1, 0.15) is 0 Å². The molecule has 0 rings (SSSR count). The SMILES string of the molecule is CCCCC(CCC)CC(CP(=O)(CC(CC(CCC)CCCC)C(=O)O)CC(CC(CCC)CCCC)C(=O)O)C(=O)O. The Hall–Kier alpha value is -1.36.